The highest BCUT2D eigenvalue weighted by atomic mass is 16.4. The fraction of sp³-hybridized carbons (Fsp3) is 0.462. The molecule has 3 N–H and O–H groups in total. The number of hydrogen-bond acceptors (Lipinski definition) is 3. The maximum atomic E-state index is 12.2. The first-order valence-electron chi connectivity index (χ1n) is 11.2. The van der Waals surface area contributed by atoms with Gasteiger partial charge < -0.3 is 15.7 Å². The Kier molecular flexibility index (Phi) is 5.65. The van der Waals surface area contributed by atoms with Crippen LogP contribution in [0, 0.1) is 11.3 Å². The molecule has 0 unspecified atom stereocenters. The minimum absolute atomic E-state index is 0.0317. The molecule has 1 heterocycles. The number of hydrogen-bond donors (Lipinski definition) is 2. The molecule has 0 spiro atoms. The Morgan fingerprint density at radius 2 is 1.81 bits per heavy atom. The van der Waals surface area contributed by atoms with E-state index in [1.165, 1.54) is 11.1 Å². The lowest BCUT2D eigenvalue weighted by Crippen LogP contribution is -2.48. The van der Waals surface area contributed by atoms with Crippen molar-refractivity contribution < 1.29 is 14.7 Å². The van der Waals surface area contributed by atoms with E-state index in [1.807, 2.05) is 24.3 Å². The van der Waals surface area contributed by atoms with Crippen molar-refractivity contribution in [2.24, 2.45) is 17.1 Å². The normalized spacial score (nSPS) is 25.2. The van der Waals surface area contributed by atoms with Crippen molar-refractivity contribution in [3.8, 4) is 0 Å². The van der Waals surface area contributed by atoms with Gasteiger partial charge in [0.05, 0.1) is 5.41 Å². The summed E-state index contributed by atoms with van der Waals surface area (Å²) in [5.41, 5.74) is 8.83. The monoisotopic (exact) mass is 420 g/mol. The Balaban J connectivity index is 1.43. The smallest absolute Gasteiger partial charge is 0.310 e. The zero-order valence-electron chi connectivity index (χ0n) is 18.4. The Morgan fingerprint density at radius 1 is 1.13 bits per heavy atom. The maximum Gasteiger partial charge on any atom is 0.310 e. The zero-order chi connectivity index (χ0) is 22.2. The summed E-state index contributed by atoms with van der Waals surface area (Å²) in [6, 6.07) is 15.8. The minimum Gasteiger partial charge on any atom is -0.481 e. The van der Waals surface area contributed by atoms with E-state index < -0.39 is 17.3 Å². The quantitative estimate of drug-likeness (QED) is 0.747. The molecule has 5 nitrogen and oxygen atoms in total. The predicted octanol–water partition coefficient (Wildman–Crippen LogP) is 3.64. The second-order valence-corrected chi connectivity index (χ2v) is 9.77. The first-order chi connectivity index (χ1) is 14.7. The van der Waals surface area contributed by atoms with Gasteiger partial charge in [-0.15, -0.1) is 0 Å². The number of rotatable bonds is 6. The van der Waals surface area contributed by atoms with Crippen molar-refractivity contribution in [1.82, 2.24) is 4.90 Å². The fourth-order valence-electron chi connectivity index (χ4n) is 5.48. The molecule has 1 aliphatic carbocycles. The molecule has 31 heavy (non-hydrogen) atoms. The van der Waals surface area contributed by atoms with Crippen LogP contribution in [0.1, 0.15) is 53.7 Å². The molecule has 1 aliphatic heterocycles. The van der Waals surface area contributed by atoms with Crippen molar-refractivity contribution in [2.75, 3.05) is 19.6 Å². The lowest BCUT2D eigenvalue weighted by molar-refractivity contribution is -0.149. The van der Waals surface area contributed by atoms with Crippen LogP contribution in [0.3, 0.4) is 0 Å². The standard InChI is InChI=1S/C26H32N2O3/c1-18-17-28(12-10-25(18,2)22-9-5-8-19(14-22)23(27)29)13-11-26(24(30)31)15-20-6-3-4-7-21(20)16-26/h3-9,14,18H,10-13,15-17H2,1-2H3,(H2,27,29)(H,30,31)/t18-,25+/m0/s1. The van der Waals surface area contributed by atoms with Gasteiger partial charge in [0.15, 0.2) is 0 Å². The molecule has 1 saturated heterocycles. The van der Waals surface area contributed by atoms with Crippen molar-refractivity contribution >= 4 is 11.9 Å². The molecule has 2 aromatic carbocycles. The molecular weight excluding hydrogens is 388 g/mol. The summed E-state index contributed by atoms with van der Waals surface area (Å²) in [5, 5.41) is 10.1. The van der Waals surface area contributed by atoms with Gasteiger partial charge in [-0.05, 0) is 78.9 Å². The van der Waals surface area contributed by atoms with Crippen LogP contribution in [0.2, 0.25) is 0 Å². The van der Waals surface area contributed by atoms with E-state index in [1.54, 1.807) is 6.07 Å². The highest BCUT2D eigenvalue weighted by Gasteiger charge is 2.45. The summed E-state index contributed by atoms with van der Waals surface area (Å²) < 4.78 is 0. The van der Waals surface area contributed by atoms with E-state index in [0.29, 0.717) is 30.7 Å². The lowest BCUT2D eigenvalue weighted by Gasteiger charge is -2.45. The van der Waals surface area contributed by atoms with Crippen LogP contribution in [0.25, 0.3) is 0 Å². The van der Waals surface area contributed by atoms with E-state index in [0.717, 1.165) is 31.6 Å². The van der Waals surface area contributed by atoms with E-state index in [-0.39, 0.29) is 5.41 Å². The average Bonchev–Trinajstić information content (AvgIpc) is 3.15. The van der Waals surface area contributed by atoms with Gasteiger partial charge in [0.1, 0.15) is 0 Å². The van der Waals surface area contributed by atoms with Gasteiger partial charge in [0, 0.05) is 12.1 Å². The topological polar surface area (TPSA) is 83.6 Å². The summed E-state index contributed by atoms with van der Waals surface area (Å²) in [6.45, 7) is 7.15. The molecular formula is C26H32N2O3. The number of primary amides is 1. The molecule has 0 aromatic heterocycles. The maximum absolute atomic E-state index is 12.2. The van der Waals surface area contributed by atoms with Crippen molar-refractivity contribution in [1.29, 1.82) is 0 Å². The largest absolute Gasteiger partial charge is 0.481 e. The molecule has 0 bridgehead atoms. The van der Waals surface area contributed by atoms with Crippen LogP contribution in [0.4, 0.5) is 0 Å². The van der Waals surface area contributed by atoms with Gasteiger partial charge in [-0.25, -0.2) is 0 Å². The highest BCUT2D eigenvalue weighted by molar-refractivity contribution is 5.93. The third-order valence-electron chi connectivity index (χ3n) is 7.91. The Bertz CT molecular complexity index is 977. The van der Waals surface area contributed by atoms with E-state index in [9.17, 15) is 14.7 Å². The van der Waals surface area contributed by atoms with Crippen molar-refractivity contribution in [3.63, 3.8) is 0 Å². The number of likely N-dealkylation sites (tertiary alicyclic amines) is 1. The van der Waals surface area contributed by atoms with Gasteiger partial charge >= 0.3 is 5.97 Å². The molecule has 0 radical (unpaired) electrons. The first kappa shape index (κ1) is 21.6. The third-order valence-corrected chi connectivity index (χ3v) is 7.91. The Hall–Kier alpha value is -2.66. The number of nitrogens with zero attached hydrogens (tertiary/aromatic N) is 1. The second kappa shape index (κ2) is 8.12. The fourth-order valence-corrected chi connectivity index (χ4v) is 5.48. The second-order valence-electron chi connectivity index (χ2n) is 9.77. The molecule has 2 aromatic rings. The van der Waals surface area contributed by atoms with E-state index in [4.69, 9.17) is 5.73 Å². The number of piperidine rings is 1. The molecule has 2 atom stereocenters. The average molecular weight is 421 g/mol. The highest BCUT2D eigenvalue weighted by Crippen LogP contribution is 2.42. The Labute approximate surface area is 184 Å². The van der Waals surface area contributed by atoms with E-state index in [2.05, 4.69) is 36.9 Å². The number of carboxylic acids is 1. The van der Waals surface area contributed by atoms with Crippen LogP contribution in [0.15, 0.2) is 48.5 Å². The van der Waals surface area contributed by atoms with Gasteiger partial charge in [-0.2, -0.15) is 0 Å². The van der Waals surface area contributed by atoms with Gasteiger partial charge in [0.2, 0.25) is 5.91 Å². The Morgan fingerprint density at radius 3 is 2.39 bits per heavy atom. The molecule has 5 heteroatoms. The van der Waals surface area contributed by atoms with Gasteiger partial charge in [-0.3, -0.25) is 9.59 Å². The number of carboxylic acid groups (broad SMARTS) is 1. The van der Waals surface area contributed by atoms with Crippen LogP contribution >= 0.6 is 0 Å². The SMILES string of the molecule is C[C@H]1CN(CCC2(C(=O)O)Cc3ccccc3C2)CC[C@@]1(C)c1cccc(C(N)=O)c1. The molecule has 164 valence electrons. The van der Waals surface area contributed by atoms with Crippen LogP contribution in [0.5, 0.6) is 0 Å². The zero-order valence-corrected chi connectivity index (χ0v) is 18.4. The van der Waals surface area contributed by atoms with Crippen LogP contribution in [-0.4, -0.2) is 41.5 Å². The summed E-state index contributed by atoms with van der Waals surface area (Å²) in [5.74, 6) is -0.695. The summed E-state index contributed by atoms with van der Waals surface area (Å²) in [7, 11) is 0. The minimum atomic E-state index is -0.691. The summed E-state index contributed by atoms with van der Waals surface area (Å²) >= 11 is 0. The summed E-state index contributed by atoms with van der Waals surface area (Å²) in [6.07, 6.45) is 2.88. The molecule has 2 aliphatic rings. The molecule has 1 amide bonds. The van der Waals surface area contributed by atoms with Crippen molar-refractivity contribution in [2.45, 2.75) is 44.9 Å². The lowest BCUT2D eigenvalue weighted by atomic mass is 9.67. The molecule has 0 saturated carbocycles. The number of aliphatic carboxylic acids is 1. The van der Waals surface area contributed by atoms with Crippen molar-refractivity contribution in [3.05, 3.63) is 70.8 Å². The molecule has 4 rings (SSSR count). The number of fused-ring (bicyclic) bond motifs is 1. The van der Waals surface area contributed by atoms with Gasteiger partial charge in [-0.1, -0.05) is 50.2 Å². The van der Waals surface area contributed by atoms with Crippen LogP contribution < -0.4 is 5.73 Å². The summed E-state index contributed by atoms with van der Waals surface area (Å²) in [4.78, 5) is 26.3. The number of nitrogens with two attached hydrogens (primary N) is 1. The molecule has 1 fully saturated rings. The third kappa shape index (κ3) is 3.99. The number of amides is 1. The van der Waals surface area contributed by atoms with Crippen LogP contribution in [-0.2, 0) is 23.1 Å². The van der Waals surface area contributed by atoms with Gasteiger partial charge in [0.25, 0.3) is 0 Å². The number of carbonyl (C=O) groups excluding carboxylic acids is 1. The predicted molar refractivity (Wildman–Crippen MR) is 121 cm³/mol. The van der Waals surface area contributed by atoms with E-state index >= 15 is 0 Å². The number of carbonyl (C=O) groups is 2. The number of benzene rings is 2. The first-order valence-corrected chi connectivity index (χ1v) is 11.2.